The van der Waals surface area contributed by atoms with E-state index in [9.17, 15) is 9.18 Å². The van der Waals surface area contributed by atoms with E-state index in [1.165, 1.54) is 18.2 Å². The maximum atomic E-state index is 13.0. The summed E-state index contributed by atoms with van der Waals surface area (Å²) in [6, 6.07) is 7.98. The van der Waals surface area contributed by atoms with Crippen LogP contribution >= 0.6 is 11.6 Å². The summed E-state index contributed by atoms with van der Waals surface area (Å²) in [5.41, 5.74) is 2.62. The first kappa shape index (κ1) is 14.5. The summed E-state index contributed by atoms with van der Waals surface area (Å²) in [5, 5.41) is 2.68. The van der Waals surface area contributed by atoms with Gasteiger partial charge in [-0.15, -0.1) is 0 Å². The highest BCUT2D eigenvalue weighted by Crippen LogP contribution is 2.19. The maximum absolute atomic E-state index is 13.0. The van der Waals surface area contributed by atoms with E-state index in [0.717, 1.165) is 11.3 Å². The molecule has 0 unspecified atom stereocenters. The molecule has 104 valence electrons. The lowest BCUT2D eigenvalue weighted by atomic mass is 10.2. The summed E-state index contributed by atoms with van der Waals surface area (Å²) in [5.74, 6) is -0.694. The molecule has 5 heteroatoms. The fourth-order valence-electron chi connectivity index (χ4n) is 1.85. The van der Waals surface area contributed by atoms with Gasteiger partial charge in [0.05, 0.1) is 5.02 Å². The highest BCUT2D eigenvalue weighted by Gasteiger charge is 2.14. The molecule has 0 radical (unpaired) electrons. The predicted octanol–water partition coefficient (Wildman–Crippen LogP) is 3.02. The van der Waals surface area contributed by atoms with E-state index in [0.29, 0.717) is 5.69 Å². The van der Waals surface area contributed by atoms with Gasteiger partial charge in [-0.1, -0.05) is 11.6 Å². The van der Waals surface area contributed by atoms with Crippen LogP contribution in [-0.2, 0) is 11.3 Å². The molecule has 2 rings (SSSR count). The van der Waals surface area contributed by atoms with Crippen molar-refractivity contribution in [3.63, 3.8) is 0 Å². The third-order valence-electron chi connectivity index (χ3n) is 3.13. The molecule has 0 atom stereocenters. The fraction of sp³-hybridized carbons (Fsp3) is 0.200. The number of hydrogen-bond donors (Lipinski definition) is 1. The van der Waals surface area contributed by atoms with Crippen LogP contribution in [0.25, 0.3) is 0 Å². The Balaban J connectivity index is 2.09. The fourth-order valence-corrected chi connectivity index (χ4v) is 2.03. The predicted molar refractivity (Wildman–Crippen MR) is 76.2 cm³/mol. The van der Waals surface area contributed by atoms with E-state index >= 15 is 0 Å². The second-order valence-corrected chi connectivity index (χ2v) is 4.99. The van der Waals surface area contributed by atoms with E-state index in [-0.39, 0.29) is 17.5 Å². The van der Waals surface area contributed by atoms with E-state index in [1.807, 2.05) is 36.7 Å². The van der Waals surface area contributed by atoms with Crippen LogP contribution in [0.1, 0.15) is 11.3 Å². The van der Waals surface area contributed by atoms with Crippen LogP contribution in [0.2, 0.25) is 5.02 Å². The van der Waals surface area contributed by atoms with Crippen molar-refractivity contribution < 1.29 is 13.8 Å². The molecule has 2 aromatic rings. The number of hydrogen-bond acceptors (Lipinski definition) is 1. The lowest BCUT2D eigenvalue weighted by molar-refractivity contribution is -0.690. The van der Waals surface area contributed by atoms with Crippen LogP contribution in [0.3, 0.4) is 0 Å². The third kappa shape index (κ3) is 3.33. The average molecular weight is 294 g/mol. The normalized spacial score (nSPS) is 10.4. The highest BCUT2D eigenvalue weighted by molar-refractivity contribution is 6.31. The molecule has 0 saturated heterocycles. The number of carbonyl (C=O) groups is 1. The van der Waals surface area contributed by atoms with Crippen LogP contribution in [0.15, 0.2) is 36.5 Å². The number of aryl methyl sites for hydroxylation is 1. The van der Waals surface area contributed by atoms with Crippen LogP contribution in [-0.4, -0.2) is 5.91 Å². The van der Waals surface area contributed by atoms with Gasteiger partial charge in [0, 0.05) is 24.2 Å². The number of benzene rings is 1. The number of carbonyl (C=O) groups excluding carboxylic acids is 1. The van der Waals surface area contributed by atoms with Gasteiger partial charge in [0.25, 0.3) is 5.91 Å². The lowest BCUT2D eigenvalue weighted by Crippen LogP contribution is -2.43. The van der Waals surface area contributed by atoms with Gasteiger partial charge >= 0.3 is 0 Å². The Labute approximate surface area is 122 Å². The van der Waals surface area contributed by atoms with Crippen LogP contribution in [0.4, 0.5) is 10.1 Å². The number of rotatable bonds is 3. The molecule has 0 aliphatic carbocycles. The van der Waals surface area contributed by atoms with Gasteiger partial charge in [-0.2, -0.15) is 4.57 Å². The average Bonchev–Trinajstić information content (AvgIpc) is 2.39. The monoisotopic (exact) mass is 293 g/mol. The summed E-state index contributed by atoms with van der Waals surface area (Å²) in [4.78, 5) is 12.0. The molecule has 0 fully saturated rings. The molecule has 0 spiro atoms. The third-order valence-corrected chi connectivity index (χ3v) is 3.42. The van der Waals surface area contributed by atoms with Gasteiger partial charge in [-0.3, -0.25) is 4.79 Å². The topological polar surface area (TPSA) is 33.0 Å². The van der Waals surface area contributed by atoms with Crippen LogP contribution in [0, 0.1) is 19.7 Å². The molecule has 1 N–H and O–H groups in total. The molecule has 1 heterocycles. The summed E-state index contributed by atoms with van der Waals surface area (Å²) < 4.78 is 14.9. The van der Waals surface area contributed by atoms with Gasteiger partial charge in [0.1, 0.15) is 5.82 Å². The van der Waals surface area contributed by atoms with Gasteiger partial charge < -0.3 is 5.32 Å². The Kier molecular flexibility index (Phi) is 4.35. The van der Waals surface area contributed by atoms with Crippen LogP contribution < -0.4 is 9.88 Å². The number of aromatic nitrogens is 1. The molecule has 0 aliphatic heterocycles. The van der Waals surface area contributed by atoms with Crippen LogP contribution in [0.5, 0.6) is 0 Å². The van der Waals surface area contributed by atoms with E-state index in [2.05, 4.69) is 5.32 Å². The maximum Gasteiger partial charge on any atom is 0.290 e. The smallest absolute Gasteiger partial charge is 0.290 e. The Morgan fingerprint density at radius 3 is 2.80 bits per heavy atom. The zero-order valence-electron chi connectivity index (χ0n) is 11.3. The van der Waals surface area contributed by atoms with Crippen molar-refractivity contribution in [3.05, 3.63) is 58.6 Å². The standard InChI is InChI=1S/C15H14ClFN2O/c1-10-4-3-7-19(11(10)2)9-15(20)18-12-5-6-14(17)13(16)8-12/h3-8H,9H2,1-2H3/p+1. The second kappa shape index (κ2) is 6.01. The number of nitrogens with one attached hydrogen (secondary N) is 1. The first-order valence-corrected chi connectivity index (χ1v) is 6.56. The largest absolute Gasteiger partial charge is 0.321 e. The van der Waals surface area contributed by atoms with Crippen molar-refractivity contribution in [1.29, 1.82) is 0 Å². The van der Waals surface area contributed by atoms with Gasteiger partial charge in [-0.25, -0.2) is 4.39 Å². The number of anilines is 1. The lowest BCUT2D eigenvalue weighted by Gasteiger charge is -2.06. The van der Waals surface area contributed by atoms with E-state index in [4.69, 9.17) is 11.6 Å². The Morgan fingerprint density at radius 2 is 2.10 bits per heavy atom. The molecule has 3 nitrogen and oxygen atoms in total. The zero-order chi connectivity index (χ0) is 14.7. The summed E-state index contributed by atoms with van der Waals surface area (Å²) in [7, 11) is 0. The van der Waals surface area contributed by atoms with Gasteiger partial charge in [-0.05, 0) is 31.2 Å². The minimum Gasteiger partial charge on any atom is -0.321 e. The van der Waals surface area contributed by atoms with E-state index in [1.54, 1.807) is 0 Å². The zero-order valence-corrected chi connectivity index (χ0v) is 12.0. The van der Waals surface area contributed by atoms with Crippen molar-refractivity contribution in [1.82, 2.24) is 0 Å². The molecule has 1 amide bonds. The quantitative estimate of drug-likeness (QED) is 0.867. The van der Waals surface area contributed by atoms with Crippen molar-refractivity contribution in [2.75, 3.05) is 5.32 Å². The Morgan fingerprint density at radius 1 is 1.35 bits per heavy atom. The second-order valence-electron chi connectivity index (χ2n) is 4.58. The van der Waals surface area contributed by atoms with Crippen molar-refractivity contribution in [2.24, 2.45) is 0 Å². The number of pyridine rings is 1. The molecule has 0 saturated carbocycles. The van der Waals surface area contributed by atoms with Gasteiger partial charge in [0.15, 0.2) is 11.9 Å². The first-order chi connectivity index (χ1) is 9.47. The van der Waals surface area contributed by atoms with Crippen molar-refractivity contribution in [3.8, 4) is 0 Å². The summed E-state index contributed by atoms with van der Waals surface area (Å²) in [6.07, 6.45) is 1.85. The first-order valence-electron chi connectivity index (χ1n) is 6.18. The molecule has 1 aromatic heterocycles. The Bertz CT molecular complexity index is 658. The Hall–Kier alpha value is -1.94. The minimum atomic E-state index is -0.506. The van der Waals surface area contributed by atoms with Crippen molar-refractivity contribution in [2.45, 2.75) is 20.4 Å². The summed E-state index contributed by atoms with van der Waals surface area (Å²) in [6.45, 7) is 4.14. The number of amides is 1. The molecular formula is C15H15ClFN2O+. The molecule has 0 bridgehead atoms. The molecular weight excluding hydrogens is 279 g/mol. The molecule has 20 heavy (non-hydrogen) atoms. The number of nitrogens with zero attached hydrogens (tertiary/aromatic N) is 1. The summed E-state index contributed by atoms with van der Waals surface area (Å²) >= 11 is 5.67. The van der Waals surface area contributed by atoms with Crippen molar-refractivity contribution >= 4 is 23.2 Å². The highest BCUT2D eigenvalue weighted by atomic mass is 35.5. The SMILES string of the molecule is Cc1ccc[n+](CC(=O)Nc2ccc(F)c(Cl)c2)c1C. The van der Waals surface area contributed by atoms with E-state index < -0.39 is 5.82 Å². The minimum absolute atomic E-state index is 0.0119. The van der Waals surface area contributed by atoms with Gasteiger partial charge in [0.2, 0.25) is 6.54 Å². The molecule has 0 aliphatic rings. The number of halogens is 2. The molecule has 1 aromatic carbocycles.